The average Bonchev–Trinajstić information content (AvgIpc) is 2.52. The van der Waals surface area contributed by atoms with Gasteiger partial charge in [-0.15, -0.1) is 0 Å². The van der Waals surface area contributed by atoms with Crippen molar-refractivity contribution in [3.63, 3.8) is 0 Å². The van der Waals surface area contributed by atoms with E-state index in [0.717, 1.165) is 12.2 Å². The summed E-state index contributed by atoms with van der Waals surface area (Å²) in [6.07, 6.45) is 1.85. The second kappa shape index (κ2) is 7.83. The fourth-order valence-electron chi connectivity index (χ4n) is 2.79. The maximum atomic E-state index is 10.7. The molecule has 0 saturated carbocycles. The van der Waals surface area contributed by atoms with Crippen LogP contribution < -0.4 is 4.43 Å². The maximum Gasteiger partial charge on any atom is 0.303 e. The number of carboxylic acids is 1. The number of aliphatic carboxylic acids is 1. The Balaban J connectivity index is 2.16. The highest BCUT2D eigenvalue weighted by atomic mass is 28.4. The highest BCUT2D eigenvalue weighted by molar-refractivity contribution is 6.74. The Morgan fingerprint density at radius 3 is 2.35 bits per heavy atom. The Morgan fingerprint density at radius 1 is 1.12 bits per heavy atom. The van der Waals surface area contributed by atoms with E-state index in [9.17, 15) is 4.79 Å². The van der Waals surface area contributed by atoms with Crippen LogP contribution in [0.5, 0.6) is 5.75 Å². The summed E-state index contributed by atoms with van der Waals surface area (Å²) in [6.45, 7) is 13.4. The minimum atomic E-state index is -1.83. The fourth-order valence-corrected chi connectivity index (χ4v) is 3.81. The summed E-state index contributed by atoms with van der Waals surface area (Å²) in [5.74, 6) is 0.596. The summed E-state index contributed by atoms with van der Waals surface area (Å²) in [5, 5.41) is 11.4. The Morgan fingerprint density at radius 2 is 1.73 bits per heavy atom. The van der Waals surface area contributed by atoms with Gasteiger partial charge in [-0.2, -0.15) is 0 Å². The Kier molecular flexibility index (Phi) is 6.17. The SMILES string of the molecule is CC(CCCC(=O)O)c1ccc2cc(O[Si](C)(C)C(C)(C)C)ccc2c1. The summed E-state index contributed by atoms with van der Waals surface area (Å²) in [4.78, 5) is 10.7. The van der Waals surface area contributed by atoms with Crippen molar-refractivity contribution in [1.29, 1.82) is 0 Å². The molecule has 0 radical (unpaired) electrons. The molecule has 0 aromatic heterocycles. The van der Waals surface area contributed by atoms with Gasteiger partial charge in [0.25, 0.3) is 0 Å². The van der Waals surface area contributed by atoms with Crippen LogP contribution in [0.4, 0.5) is 0 Å². The van der Waals surface area contributed by atoms with Crippen LogP contribution in [0.2, 0.25) is 18.1 Å². The van der Waals surface area contributed by atoms with Crippen LogP contribution in [0, 0.1) is 0 Å². The van der Waals surface area contributed by atoms with Crippen molar-refractivity contribution in [2.24, 2.45) is 0 Å². The van der Waals surface area contributed by atoms with Crippen LogP contribution in [0.25, 0.3) is 10.8 Å². The normalized spacial score (nSPS) is 13.6. The van der Waals surface area contributed by atoms with Crippen molar-refractivity contribution in [3.05, 3.63) is 42.0 Å². The predicted molar refractivity (Wildman–Crippen MR) is 112 cm³/mol. The lowest BCUT2D eigenvalue weighted by Gasteiger charge is -2.36. The molecule has 3 nitrogen and oxygen atoms in total. The molecular formula is C22H32O3Si. The van der Waals surface area contributed by atoms with E-state index < -0.39 is 14.3 Å². The van der Waals surface area contributed by atoms with E-state index in [1.54, 1.807) is 0 Å². The lowest BCUT2D eigenvalue weighted by atomic mass is 9.93. The van der Waals surface area contributed by atoms with Gasteiger partial charge in [-0.3, -0.25) is 4.79 Å². The quantitative estimate of drug-likeness (QED) is 0.558. The monoisotopic (exact) mass is 372 g/mol. The van der Waals surface area contributed by atoms with E-state index in [0.29, 0.717) is 12.3 Å². The Bertz CT molecular complexity index is 775. The molecule has 0 aliphatic heterocycles. The first-order valence-corrected chi connectivity index (χ1v) is 12.3. The van der Waals surface area contributed by atoms with Gasteiger partial charge in [-0.1, -0.05) is 52.0 Å². The van der Waals surface area contributed by atoms with E-state index in [1.165, 1.54) is 16.3 Å². The fraction of sp³-hybridized carbons (Fsp3) is 0.500. The second-order valence-electron chi connectivity index (χ2n) is 8.82. The minimum Gasteiger partial charge on any atom is -0.543 e. The highest BCUT2D eigenvalue weighted by Gasteiger charge is 2.38. The molecule has 1 unspecified atom stereocenters. The molecule has 0 heterocycles. The maximum absolute atomic E-state index is 10.7. The molecule has 0 amide bonds. The summed E-state index contributed by atoms with van der Waals surface area (Å²) < 4.78 is 6.41. The summed E-state index contributed by atoms with van der Waals surface area (Å²) >= 11 is 0. The topological polar surface area (TPSA) is 46.5 Å². The molecular weight excluding hydrogens is 340 g/mol. The van der Waals surface area contributed by atoms with Crippen molar-refractivity contribution in [2.75, 3.05) is 0 Å². The molecule has 1 atom stereocenters. The Labute approximate surface area is 158 Å². The van der Waals surface area contributed by atoms with Crippen LogP contribution in [0.3, 0.4) is 0 Å². The van der Waals surface area contributed by atoms with Gasteiger partial charge in [-0.05, 0) is 65.4 Å². The molecule has 2 rings (SSSR count). The van der Waals surface area contributed by atoms with Crippen molar-refractivity contribution in [3.8, 4) is 5.75 Å². The van der Waals surface area contributed by atoms with Gasteiger partial charge in [0.05, 0.1) is 0 Å². The van der Waals surface area contributed by atoms with Crippen LogP contribution in [-0.4, -0.2) is 19.4 Å². The third-order valence-electron chi connectivity index (χ3n) is 5.61. The van der Waals surface area contributed by atoms with Crippen molar-refractivity contribution in [2.45, 2.75) is 71.0 Å². The third kappa shape index (κ3) is 5.10. The van der Waals surface area contributed by atoms with E-state index in [1.807, 2.05) is 0 Å². The van der Waals surface area contributed by atoms with E-state index >= 15 is 0 Å². The zero-order chi connectivity index (χ0) is 19.5. The first-order valence-electron chi connectivity index (χ1n) is 9.44. The summed E-state index contributed by atoms with van der Waals surface area (Å²) in [6, 6.07) is 12.9. The van der Waals surface area contributed by atoms with Crippen molar-refractivity contribution in [1.82, 2.24) is 0 Å². The van der Waals surface area contributed by atoms with E-state index in [2.05, 4.69) is 77.2 Å². The molecule has 0 fully saturated rings. The standard InChI is InChI=1S/C22H32O3Si/c1-16(8-7-9-21(23)24)17-10-11-19-15-20(13-12-18(19)14-17)25-26(5,6)22(2,3)4/h10-16H,7-9H2,1-6H3,(H,23,24). The van der Waals surface area contributed by atoms with Gasteiger partial charge in [0.2, 0.25) is 8.32 Å². The lowest BCUT2D eigenvalue weighted by molar-refractivity contribution is -0.137. The smallest absolute Gasteiger partial charge is 0.303 e. The minimum absolute atomic E-state index is 0.178. The number of fused-ring (bicyclic) bond motifs is 1. The van der Waals surface area contributed by atoms with Crippen molar-refractivity contribution < 1.29 is 14.3 Å². The number of carbonyl (C=O) groups is 1. The molecule has 0 spiro atoms. The molecule has 2 aromatic carbocycles. The van der Waals surface area contributed by atoms with Gasteiger partial charge < -0.3 is 9.53 Å². The average molecular weight is 373 g/mol. The first kappa shape index (κ1) is 20.5. The van der Waals surface area contributed by atoms with Crippen LogP contribution in [-0.2, 0) is 4.79 Å². The predicted octanol–water partition coefficient (Wildman–Crippen LogP) is 6.58. The second-order valence-corrected chi connectivity index (χ2v) is 13.5. The van der Waals surface area contributed by atoms with Gasteiger partial charge in [0, 0.05) is 6.42 Å². The van der Waals surface area contributed by atoms with E-state index in [-0.39, 0.29) is 11.5 Å². The number of benzene rings is 2. The molecule has 0 aliphatic rings. The molecule has 26 heavy (non-hydrogen) atoms. The molecule has 142 valence electrons. The number of hydrogen-bond acceptors (Lipinski definition) is 2. The van der Waals surface area contributed by atoms with Crippen LogP contribution >= 0.6 is 0 Å². The van der Waals surface area contributed by atoms with Gasteiger partial charge in [0.15, 0.2) is 0 Å². The van der Waals surface area contributed by atoms with Gasteiger partial charge >= 0.3 is 5.97 Å². The van der Waals surface area contributed by atoms with Crippen LogP contribution in [0.1, 0.15) is 58.4 Å². The zero-order valence-electron chi connectivity index (χ0n) is 16.9. The molecule has 1 N–H and O–H groups in total. The Hall–Kier alpha value is -1.81. The number of carboxylic acid groups (broad SMARTS) is 1. The molecule has 4 heteroatoms. The molecule has 2 aromatic rings. The van der Waals surface area contributed by atoms with Crippen LogP contribution in [0.15, 0.2) is 36.4 Å². The first-order chi connectivity index (χ1) is 12.0. The largest absolute Gasteiger partial charge is 0.543 e. The lowest BCUT2D eigenvalue weighted by Crippen LogP contribution is -2.43. The molecule has 0 bridgehead atoms. The van der Waals surface area contributed by atoms with Crippen molar-refractivity contribution >= 4 is 25.1 Å². The third-order valence-corrected chi connectivity index (χ3v) is 9.97. The van der Waals surface area contributed by atoms with E-state index in [4.69, 9.17) is 9.53 Å². The summed E-state index contributed by atoms with van der Waals surface area (Å²) in [7, 11) is -1.83. The van der Waals surface area contributed by atoms with Gasteiger partial charge in [-0.25, -0.2) is 0 Å². The molecule has 0 aliphatic carbocycles. The number of rotatable bonds is 7. The highest BCUT2D eigenvalue weighted by Crippen LogP contribution is 2.38. The zero-order valence-corrected chi connectivity index (χ0v) is 17.9. The summed E-state index contributed by atoms with van der Waals surface area (Å²) in [5.41, 5.74) is 1.26. The molecule has 0 saturated heterocycles. The van der Waals surface area contributed by atoms with Gasteiger partial charge in [0.1, 0.15) is 5.75 Å². The number of hydrogen-bond donors (Lipinski definition) is 1.